The summed E-state index contributed by atoms with van der Waals surface area (Å²) < 4.78 is 1.33. The van der Waals surface area contributed by atoms with Crippen LogP contribution in [0.2, 0.25) is 0 Å². The number of anilines is 1. The van der Waals surface area contributed by atoms with Crippen LogP contribution in [0.15, 0.2) is 24.3 Å². The summed E-state index contributed by atoms with van der Waals surface area (Å²) in [5.74, 6) is 0. The molecule has 0 heterocycles. The maximum Gasteiger partial charge on any atom is 0.0478 e. The van der Waals surface area contributed by atoms with Crippen LogP contribution in [0, 0.1) is 8.99 Å². The zero-order valence-corrected chi connectivity index (χ0v) is 13.0. The van der Waals surface area contributed by atoms with Crippen LogP contribution in [0.25, 0.3) is 0 Å². The maximum atomic E-state index is 3.72. The minimum Gasteiger partial charge on any atom is -0.381 e. The Morgan fingerprint density at radius 2 is 1.94 bits per heavy atom. The van der Waals surface area contributed by atoms with E-state index in [1.54, 1.807) is 0 Å². The van der Waals surface area contributed by atoms with Gasteiger partial charge in [-0.05, 0) is 65.8 Å². The SMILES string of the molecule is CC1(C)CCCC(Nc2ccccc2I)CC1. The fourth-order valence-electron chi connectivity index (χ4n) is 2.60. The molecule has 1 nitrogen and oxygen atoms in total. The van der Waals surface area contributed by atoms with Gasteiger partial charge in [-0.25, -0.2) is 0 Å². The van der Waals surface area contributed by atoms with Crippen LogP contribution in [0.3, 0.4) is 0 Å². The van der Waals surface area contributed by atoms with Crippen molar-refractivity contribution in [2.75, 3.05) is 5.32 Å². The quantitative estimate of drug-likeness (QED) is 0.584. The molecule has 0 saturated heterocycles. The van der Waals surface area contributed by atoms with Crippen molar-refractivity contribution in [1.82, 2.24) is 0 Å². The van der Waals surface area contributed by atoms with Crippen molar-refractivity contribution in [3.05, 3.63) is 27.8 Å². The van der Waals surface area contributed by atoms with E-state index in [-0.39, 0.29) is 0 Å². The van der Waals surface area contributed by atoms with E-state index >= 15 is 0 Å². The van der Waals surface area contributed by atoms with Gasteiger partial charge in [0.2, 0.25) is 0 Å². The average molecular weight is 343 g/mol. The molecule has 1 saturated carbocycles. The minimum absolute atomic E-state index is 0.542. The Morgan fingerprint density at radius 3 is 2.71 bits per heavy atom. The summed E-state index contributed by atoms with van der Waals surface area (Å²) in [6.07, 6.45) is 6.69. The van der Waals surface area contributed by atoms with Crippen LogP contribution in [0.1, 0.15) is 46.0 Å². The molecule has 2 heteroatoms. The molecule has 1 aliphatic carbocycles. The molecule has 0 aromatic heterocycles. The number of para-hydroxylation sites is 1. The van der Waals surface area contributed by atoms with E-state index in [1.807, 2.05) is 0 Å². The highest BCUT2D eigenvalue weighted by molar-refractivity contribution is 14.1. The van der Waals surface area contributed by atoms with E-state index in [0.29, 0.717) is 11.5 Å². The smallest absolute Gasteiger partial charge is 0.0478 e. The van der Waals surface area contributed by atoms with E-state index in [2.05, 4.69) is 66.0 Å². The summed E-state index contributed by atoms with van der Waals surface area (Å²) >= 11 is 2.41. The number of hydrogen-bond acceptors (Lipinski definition) is 1. The third kappa shape index (κ3) is 3.87. The second-order valence-corrected chi connectivity index (χ2v) is 7.08. The first-order chi connectivity index (χ1) is 8.07. The fourth-order valence-corrected chi connectivity index (χ4v) is 3.15. The Hall–Kier alpha value is -0.250. The molecule has 1 unspecified atom stereocenters. The highest BCUT2D eigenvalue weighted by atomic mass is 127. The maximum absolute atomic E-state index is 3.72. The zero-order valence-electron chi connectivity index (χ0n) is 10.8. The summed E-state index contributed by atoms with van der Waals surface area (Å²) in [7, 11) is 0. The second kappa shape index (κ2) is 5.59. The molecule has 0 radical (unpaired) electrons. The Morgan fingerprint density at radius 1 is 1.18 bits per heavy atom. The van der Waals surface area contributed by atoms with E-state index < -0.39 is 0 Å². The molecule has 17 heavy (non-hydrogen) atoms. The van der Waals surface area contributed by atoms with E-state index in [4.69, 9.17) is 0 Å². The molecular weight excluding hydrogens is 321 g/mol. The fraction of sp³-hybridized carbons (Fsp3) is 0.600. The van der Waals surface area contributed by atoms with E-state index in [9.17, 15) is 0 Å². The van der Waals surface area contributed by atoms with E-state index in [1.165, 1.54) is 41.4 Å². The topological polar surface area (TPSA) is 12.0 Å². The van der Waals surface area contributed by atoms with Crippen LogP contribution >= 0.6 is 22.6 Å². The molecule has 0 bridgehead atoms. The molecule has 1 aliphatic rings. The number of halogens is 1. The Bertz CT molecular complexity index is 373. The van der Waals surface area contributed by atoms with Crippen molar-refractivity contribution in [1.29, 1.82) is 0 Å². The molecule has 1 aromatic rings. The molecule has 0 spiro atoms. The average Bonchev–Trinajstić information content (AvgIpc) is 2.44. The van der Waals surface area contributed by atoms with Crippen molar-refractivity contribution >= 4 is 28.3 Å². The molecule has 0 amide bonds. The van der Waals surface area contributed by atoms with Gasteiger partial charge in [-0.2, -0.15) is 0 Å². The number of hydrogen-bond donors (Lipinski definition) is 1. The molecule has 0 aliphatic heterocycles. The Kier molecular flexibility index (Phi) is 4.34. The summed E-state index contributed by atoms with van der Waals surface area (Å²) in [6.45, 7) is 4.81. The van der Waals surface area contributed by atoms with Crippen molar-refractivity contribution in [3.8, 4) is 0 Å². The van der Waals surface area contributed by atoms with Gasteiger partial charge >= 0.3 is 0 Å². The van der Waals surface area contributed by atoms with Crippen LogP contribution in [-0.2, 0) is 0 Å². The number of rotatable bonds is 2. The van der Waals surface area contributed by atoms with Crippen LogP contribution in [-0.4, -0.2) is 6.04 Å². The van der Waals surface area contributed by atoms with Gasteiger partial charge < -0.3 is 5.32 Å². The highest BCUT2D eigenvalue weighted by Crippen LogP contribution is 2.35. The van der Waals surface area contributed by atoms with Crippen molar-refractivity contribution in [2.24, 2.45) is 5.41 Å². The standard InChI is InChI=1S/C15H22IN/c1-15(2)10-5-6-12(9-11-15)17-14-8-4-3-7-13(14)16/h3-4,7-8,12,17H,5-6,9-11H2,1-2H3. The highest BCUT2D eigenvalue weighted by Gasteiger charge is 2.24. The lowest BCUT2D eigenvalue weighted by atomic mass is 9.85. The second-order valence-electron chi connectivity index (χ2n) is 5.92. The lowest BCUT2D eigenvalue weighted by molar-refractivity contribution is 0.313. The molecule has 1 atom stereocenters. The van der Waals surface area contributed by atoms with Gasteiger partial charge in [-0.3, -0.25) is 0 Å². The normalized spacial score (nSPS) is 24.1. The van der Waals surface area contributed by atoms with Crippen molar-refractivity contribution in [2.45, 2.75) is 52.0 Å². The van der Waals surface area contributed by atoms with Crippen LogP contribution in [0.5, 0.6) is 0 Å². The Balaban J connectivity index is 1.98. The van der Waals surface area contributed by atoms with Gasteiger partial charge in [0.1, 0.15) is 0 Å². The molecule has 1 fully saturated rings. The number of nitrogens with one attached hydrogen (secondary N) is 1. The van der Waals surface area contributed by atoms with Gasteiger partial charge in [-0.15, -0.1) is 0 Å². The predicted octanol–water partition coefficient (Wildman–Crippen LogP) is 5.06. The lowest BCUT2D eigenvalue weighted by Crippen LogP contribution is -2.19. The third-order valence-corrected chi connectivity index (χ3v) is 4.75. The van der Waals surface area contributed by atoms with Gasteiger partial charge in [-0.1, -0.05) is 32.4 Å². The van der Waals surface area contributed by atoms with Crippen molar-refractivity contribution < 1.29 is 0 Å². The molecule has 2 rings (SSSR count). The summed E-state index contributed by atoms with van der Waals surface area (Å²) in [6, 6.07) is 9.24. The van der Waals surface area contributed by atoms with Gasteiger partial charge in [0.15, 0.2) is 0 Å². The van der Waals surface area contributed by atoms with Crippen molar-refractivity contribution in [3.63, 3.8) is 0 Å². The zero-order chi connectivity index (χ0) is 12.3. The first kappa shape index (κ1) is 13.2. The van der Waals surface area contributed by atoms with Gasteiger partial charge in [0, 0.05) is 15.3 Å². The molecule has 1 N–H and O–H groups in total. The third-order valence-electron chi connectivity index (χ3n) is 3.81. The number of benzene rings is 1. The Labute approximate surface area is 119 Å². The minimum atomic E-state index is 0.542. The summed E-state index contributed by atoms with van der Waals surface area (Å²) in [5, 5.41) is 3.72. The molecule has 1 aromatic carbocycles. The summed E-state index contributed by atoms with van der Waals surface area (Å²) in [4.78, 5) is 0. The largest absolute Gasteiger partial charge is 0.381 e. The van der Waals surface area contributed by atoms with Crippen LogP contribution < -0.4 is 5.32 Å². The lowest BCUT2D eigenvalue weighted by Gasteiger charge is -2.22. The van der Waals surface area contributed by atoms with Gasteiger partial charge in [0.25, 0.3) is 0 Å². The molecular formula is C15H22IN. The first-order valence-corrected chi connectivity index (χ1v) is 7.66. The summed E-state index contributed by atoms with van der Waals surface area (Å²) in [5.41, 5.74) is 1.85. The monoisotopic (exact) mass is 343 g/mol. The predicted molar refractivity (Wildman–Crippen MR) is 83.4 cm³/mol. The van der Waals surface area contributed by atoms with E-state index in [0.717, 1.165) is 0 Å². The molecule has 94 valence electrons. The van der Waals surface area contributed by atoms with Gasteiger partial charge in [0.05, 0.1) is 0 Å². The van der Waals surface area contributed by atoms with Crippen LogP contribution in [0.4, 0.5) is 5.69 Å². The first-order valence-electron chi connectivity index (χ1n) is 6.58.